The standard InChI is InChI=1S/C10H19Cl3Si/c11-14(12,13)10-8-6-4-2-1-3-5-7-9-10/h10H,1-9H2. The summed E-state index contributed by atoms with van der Waals surface area (Å²) in [6, 6.07) is -2.43. The second-order valence-electron chi connectivity index (χ2n) is 4.29. The Hall–Kier alpha value is 1.09. The van der Waals surface area contributed by atoms with E-state index in [0.717, 1.165) is 12.8 Å². The molecule has 0 radical (unpaired) electrons. The first-order chi connectivity index (χ1) is 6.61. The minimum atomic E-state index is -2.43. The average molecular weight is 274 g/mol. The van der Waals surface area contributed by atoms with Gasteiger partial charge in [-0.1, -0.05) is 44.9 Å². The van der Waals surface area contributed by atoms with E-state index in [9.17, 15) is 0 Å². The molecule has 0 aromatic carbocycles. The summed E-state index contributed by atoms with van der Waals surface area (Å²) in [4.78, 5) is 0. The summed E-state index contributed by atoms with van der Waals surface area (Å²) < 4.78 is 0. The molecule has 4 heteroatoms. The van der Waals surface area contributed by atoms with E-state index < -0.39 is 6.00 Å². The van der Waals surface area contributed by atoms with Crippen molar-refractivity contribution < 1.29 is 0 Å². The highest BCUT2D eigenvalue weighted by atomic mass is 35.8. The topological polar surface area (TPSA) is 0 Å². The Morgan fingerprint density at radius 1 is 0.643 bits per heavy atom. The fourth-order valence-electron chi connectivity index (χ4n) is 2.14. The van der Waals surface area contributed by atoms with Crippen LogP contribution in [0.1, 0.15) is 57.8 Å². The lowest BCUT2D eigenvalue weighted by molar-refractivity contribution is 0.502. The molecule has 0 atom stereocenters. The molecular formula is C10H19Cl3Si. The molecule has 1 rings (SSSR count). The number of halogens is 3. The third-order valence-electron chi connectivity index (χ3n) is 3.07. The van der Waals surface area contributed by atoms with Crippen molar-refractivity contribution in [1.29, 1.82) is 0 Å². The van der Waals surface area contributed by atoms with E-state index in [2.05, 4.69) is 0 Å². The summed E-state index contributed by atoms with van der Waals surface area (Å²) in [7, 11) is 0. The second kappa shape index (κ2) is 6.62. The minimum absolute atomic E-state index is 0.408. The third kappa shape index (κ3) is 5.25. The molecule has 0 saturated heterocycles. The Kier molecular flexibility index (Phi) is 6.22. The highest BCUT2D eigenvalue weighted by Crippen LogP contribution is 2.41. The highest BCUT2D eigenvalue weighted by molar-refractivity contribution is 7.65. The van der Waals surface area contributed by atoms with Crippen molar-refractivity contribution in [2.75, 3.05) is 0 Å². The maximum atomic E-state index is 6.10. The van der Waals surface area contributed by atoms with Crippen LogP contribution < -0.4 is 0 Å². The van der Waals surface area contributed by atoms with Crippen molar-refractivity contribution in [1.82, 2.24) is 0 Å². The van der Waals surface area contributed by atoms with Crippen LogP contribution in [0.25, 0.3) is 0 Å². The lowest BCUT2D eigenvalue weighted by atomic mass is 10.0. The lowest BCUT2D eigenvalue weighted by Crippen LogP contribution is -2.20. The van der Waals surface area contributed by atoms with Crippen LogP contribution in [0.4, 0.5) is 0 Å². The third-order valence-corrected chi connectivity index (χ3v) is 7.35. The second-order valence-corrected chi connectivity index (χ2v) is 13.3. The molecule has 84 valence electrons. The Bertz CT molecular complexity index is 146. The molecule has 0 spiro atoms. The van der Waals surface area contributed by atoms with E-state index in [1.54, 1.807) is 0 Å². The van der Waals surface area contributed by atoms with Gasteiger partial charge in [0.2, 0.25) is 0 Å². The quantitative estimate of drug-likeness (QED) is 0.435. The predicted molar refractivity (Wildman–Crippen MR) is 68.6 cm³/mol. The molecule has 0 aromatic rings. The zero-order valence-corrected chi connectivity index (χ0v) is 11.8. The molecule has 0 aromatic heterocycles. The lowest BCUT2D eigenvalue weighted by Gasteiger charge is -2.23. The maximum Gasteiger partial charge on any atom is 0.344 e. The van der Waals surface area contributed by atoms with E-state index in [-0.39, 0.29) is 0 Å². The number of hydrogen-bond donors (Lipinski definition) is 0. The van der Waals surface area contributed by atoms with Gasteiger partial charge in [-0.2, -0.15) is 0 Å². The molecular weight excluding hydrogens is 255 g/mol. The maximum absolute atomic E-state index is 6.10. The van der Waals surface area contributed by atoms with Crippen LogP contribution in [0.3, 0.4) is 0 Å². The van der Waals surface area contributed by atoms with Gasteiger partial charge >= 0.3 is 6.00 Å². The summed E-state index contributed by atoms with van der Waals surface area (Å²) in [5.74, 6) is 0. The molecule has 0 unspecified atom stereocenters. The monoisotopic (exact) mass is 272 g/mol. The summed E-state index contributed by atoms with van der Waals surface area (Å²) in [5, 5.41) is 0. The van der Waals surface area contributed by atoms with Gasteiger partial charge in [-0.25, -0.2) is 0 Å². The molecule has 1 aliphatic rings. The molecule has 1 aliphatic carbocycles. The van der Waals surface area contributed by atoms with Gasteiger partial charge in [0, 0.05) is 0 Å². The Morgan fingerprint density at radius 3 is 1.36 bits per heavy atom. The van der Waals surface area contributed by atoms with Crippen LogP contribution >= 0.6 is 33.2 Å². The van der Waals surface area contributed by atoms with Gasteiger partial charge in [-0.15, -0.1) is 33.2 Å². The molecule has 0 bridgehead atoms. The average Bonchev–Trinajstić information content (AvgIpc) is 2.12. The molecule has 0 N–H and O–H groups in total. The van der Waals surface area contributed by atoms with Gasteiger partial charge in [0.1, 0.15) is 0 Å². The zero-order chi connectivity index (χ0) is 10.4. The molecule has 1 saturated carbocycles. The summed E-state index contributed by atoms with van der Waals surface area (Å²) in [6.45, 7) is 0. The van der Waals surface area contributed by atoms with E-state index in [1.807, 2.05) is 0 Å². The normalized spacial score (nSPS) is 23.4. The molecule has 1 fully saturated rings. The summed E-state index contributed by atoms with van der Waals surface area (Å²) in [6.07, 6.45) is 11.6. The molecule has 14 heavy (non-hydrogen) atoms. The molecule has 0 aliphatic heterocycles. The van der Waals surface area contributed by atoms with Gasteiger partial charge < -0.3 is 0 Å². The fraction of sp³-hybridized carbons (Fsp3) is 1.00. The first kappa shape index (κ1) is 13.2. The smallest absolute Gasteiger partial charge is 0.126 e. The molecule has 0 heterocycles. The van der Waals surface area contributed by atoms with Crippen molar-refractivity contribution in [2.45, 2.75) is 63.3 Å². The largest absolute Gasteiger partial charge is 0.344 e. The van der Waals surface area contributed by atoms with Crippen LogP contribution in [-0.2, 0) is 0 Å². The first-order valence-corrected chi connectivity index (χ1v) is 10.8. The van der Waals surface area contributed by atoms with Crippen molar-refractivity contribution >= 4 is 39.2 Å². The Morgan fingerprint density at radius 2 is 1.00 bits per heavy atom. The zero-order valence-electron chi connectivity index (χ0n) is 8.58. The van der Waals surface area contributed by atoms with Crippen LogP contribution in [0.15, 0.2) is 0 Å². The number of rotatable bonds is 1. The fourth-order valence-corrected chi connectivity index (χ4v) is 5.16. The van der Waals surface area contributed by atoms with Crippen molar-refractivity contribution in [2.24, 2.45) is 0 Å². The van der Waals surface area contributed by atoms with E-state index in [4.69, 9.17) is 33.2 Å². The van der Waals surface area contributed by atoms with E-state index >= 15 is 0 Å². The number of hydrogen-bond acceptors (Lipinski definition) is 0. The highest BCUT2D eigenvalue weighted by Gasteiger charge is 2.35. The minimum Gasteiger partial charge on any atom is -0.126 e. The van der Waals surface area contributed by atoms with Gasteiger partial charge in [0.15, 0.2) is 0 Å². The van der Waals surface area contributed by atoms with Crippen LogP contribution in [0.2, 0.25) is 5.54 Å². The van der Waals surface area contributed by atoms with Gasteiger partial charge in [0.25, 0.3) is 0 Å². The van der Waals surface area contributed by atoms with E-state index in [1.165, 1.54) is 44.9 Å². The van der Waals surface area contributed by atoms with Crippen LogP contribution in [0.5, 0.6) is 0 Å². The Labute approximate surface area is 102 Å². The predicted octanol–water partition coefficient (Wildman–Crippen LogP) is 5.54. The van der Waals surface area contributed by atoms with Crippen LogP contribution in [-0.4, -0.2) is 6.00 Å². The Balaban J connectivity index is 2.38. The first-order valence-electron chi connectivity index (χ1n) is 5.67. The van der Waals surface area contributed by atoms with Gasteiger partial charge in [-0.05, 0) is 18.4 Å². The van der Waals surface area contributed by atoms with Crippen LogP contribution in [0, 0.1) is 0 Å². The van der Waals surface area contributed by atoms with E-state index in [0.29, 0.717) is 5.54 Å². The molecule has 0 nitrogen and oxygen atoms in total. The summed E-state index contributed by atoms with van der Waals surface area (Å²) in [5.41, 5.74) is 0.408. The van der Waals surface area contributed by atoms with Crippen molar-refractivity contribution in [3.63, 3.8) is 0 Å². The van der Waals surface area contributed by atoms with Gasteiger partial charge in [0.05, 0.1) is 0 Å². The van der Waals surface area contributed by atoms with Crippen molar-refractivity contribution in [3.05, 3.63) is 0 Å². The van der Waals surface area contributed by atoms with Gasteiger partial charge in [-0.3, -0.25) is 0 Å². The molecule has 0 amide bonds. The van der Waals surface area contributed by atoms with Crippen molar-refractivity contribution in [3.8, 4) is 0 Å². The summed E-state index contributed by atoms with van der Waals surface area (Å²) >= 11 is 18.3. The SMILES string of the molecule is Cl[Si](Cl)(Cl)C1CCCCCCCCC1.